The monoisotopic (exact) mass is 323 g/mol. The van der Waals surface area contributed by atoms with E-state index in [-0.39, 0.29) is 0 Å². The number of hydrogen-bond donors (Lipinski definition) is 0. The molecule has 6 nitrogen and oxygen atoms in total. The molecule has 0 saturated carbocycles. The molecule has 7 heteroatoms. The van der Waals surface area contributed by atoms with Crippen LogP contribution < -0.4 is 4.74 Å². The fourth-order valence-electron chi connectivity index (χ4n) is 2.26. The topological polar surface area (TPSA) is 65.2 Å². The molecule has 0 saturated heterocycles. The molecule has 0 aliphatic rings. The first-order valence-corrected chi connectivity index (χ1v) is 8.03. The van der Waals surface area contributed by atoms with E-state index in [4.69, 9.17) is 4.74 Å². The summed E-state index contributed by atoms with van der Waals surface area (Å²) in [5, 5.41) is 13.9. The van der Waals surface area contributed by atoms with Crippen LogP contribution in [0.1, 0.15) is 6.92 Å². The van der Waals surface area contributed by atoms with Crippen LogP contribution >= 0.6 is 11.3 Å². The Bertz CT molecular complexity index is 930. The van der Waals surface area contributed by atoms with Crippen molar-refractivity contribution in [3.8, 4) is 27.8 Å². The second-order valence-electron chi connectivity index (χ2n) is 4.80. The van der Waals surface area contributed by atoms with E-state index in [9.17, 15) is 0 Å². The van der Waals surface area contributed by atoms with Crippen LogP contribution in [0, 0.1) is 0 Å². The highest BCUT2D eigenvalue weighted by Crippen LogP contribution is 2.27. The number of rotatable bonds is 4. The summed E-state index contributed by atoms with van der Waals surface area (Å²) in [6.07, 6.45) is 1.76. The molecule has 0 atom stereocenters. The van der Waals surface area contributed by atoms with E-state index in [1.807, 2.05) is 49.4 Å². The van der Waals surface area contributed by atoms with Gasteiger partial charge in [0.05, 0.1) is 6.61 Å². The summed E-state index contributed by atoms with van der Waals surface area (Å²) in [6.45, 7) is 2.61. The second kappa shape index (κ2) is 5.77. The molecule has 23 heavy (non-hydrogen) atoms. The van der Waals surface area contributed by atoms with E-state index in [0.717, 1.165) is 27.0 Å². The maximum absolute atomic E-state index is 5.46. The third-order valence-corrected chi connectivity index (χ3v) is 4.22. The average molecular weight is 323 g/mol. The van der Waals surface area contributed by atoms with E-state index in [1.54, 1.807) is 10.7 Å². The van der Waals surface area contributed by atoms with Crippen molar-refractivity contribution in [1.82, 2.24) is 24.8 Å². The van der Waals surface area contributed by atoms with Crippen LogP contribution in [0.3, 0.4) is 0 Å². The minimum absolute atomic E-state index is 0.647. The molecular weight excluding hydrogens is 310 g/mol. The SMILES string of the molecule is CCOc1ccc(-c2nnc3sc(-c4ccccn4)nn23)cc1. The smallest absolute Gasteiger partial charge is 0.235 e. The first-order valence-electron chi connectivity index (χ1n) is 7.22. The molecule has 0 fully saturated rings. The lowest BCUT2D eigenvalue weighted by atomic mass is 10.2. The van der Waals surface area contributed by atoms with E-state index >= 15 is 0 Å². The molecule has 0 amide bonds. The third kappa shape index (κ3) is 2.55. The minimum atomic E-state index is 0.647. The highest BCUT2D eigenvalue weighted by Gasteiger charge is 2.14. The van der Waals surface area contributed by atoms with Crippen LogP contribution in [0.4, 0.5) is 0 Å². The maximum atomic E-state index is 5.46. The zero-order valence-corrected chi connectivity index (χ0v) is 13.2. The van der Waals surface area contributed by atoms with Gasteiger partial charge in [-0.2, -0.15) is 9.61 Å². The van der Waals surface area contributed by atoms with Crippen molar-refractivity contribution in [3.05, 3.63) is 48.7 Å². The summed E-state index contributed by atoms with van der Waals surface area (Å²) in [6, 6.07) is 13.5. The van der Waals surface area contributed by atoms with Crippen molar-refractivity contribution in [1.29, 1.82) is 0 Å². The largest absolute Gasteiger partial charge is 0.494 e. The van der Waals surface area contributed by atoms with E-state index in [0.29, 0.717) is 12.4 Å². The third-order valence-electron chi connectivity index (χ3n) is 3.30. The molecule has 3 heterocycles. The van der Waals surface area contributed by atoms with Gasteiger partial charge in [-0.1, -0.05) is 17.4 Å². The van der Waals surface area contributed by atoms with Gasteiger partial charge in [0.2, 0.25) is 4.96 Å². The van der Waals surface area contributed by atoms with Gasteiger partial charge in [0.25, 0.3) is 0 Å². The first-order chi connectivity index (χ1) is 11.3. The highest BCUT2D eigenvalue weighted by atomic mass is 32.1. The molecule has 4 aromatic rings. The molecule has 0 radical (unpaired) electrons. The van der Waals surface area contributed by atoms with Crippen molar-refractivity contribution in [3.63, 3.8) is 0 Å². The summed E-state index contributed by atoms with van der Waals surface area (Å²) in [4.78, 5) is 5.07. The Hall–Kier alpha value is -2.80. The highest BCUT2D eigenvalue weighted by molar-refractivity contribution is 7.19. The molecule has 3 aromatic heterocycles. The van der Waals surface area contributed by atoms with Gasteiger partial charge in [-0.15, -0.1) is 10.2 Å². The van der Waals surface area contributed by atoms with E-state index < -0.39 is 0 Å². The number of ether oxygens (including phenoxy) is 1. The predicted molar refractivity (Wildman–Crippen MR) is 88.5 cm³/mol. The molecule has 4 rings (SSSR count). The van der Waals surface area contributed by atoms with Gasteiger partial charge in [-0.25, -0.2) is 0 Å². The number of hydrogen-bond acceptors (Lipinski definition) is 6. The Labute approximate surface area is 136 Å². The van der Waals surface area contributed by atoms with Crippen molar-refractivity contribution >= 4 is 16.3 Å². The van der Waals surface area contributed by atoms with E-state index in [2.05, 4.69) is 20.3 Å². The standard InChI is InChI=1S/C16H13N5OS/c1-2-22-12-8-6-11(7-9-12)14-18-19-16-21(14)20-15(23-16)13-5-3-4-10-17-13/h3-10H,2H2,1H3. The summed E-state index contributed by atoms with van der Waals surface area (Å²) in [5.41, 5.74) is 1.78. The summed E-state index contributed by atoms with van der Waals surface area (Å²) < 4.78 is 7.22. The Balaban J connectivity index is 1.74. The molecule has 0 spiro atoms. The molecule has 0 bridgehead atoms. The first kappa shape index (κ1) is 13.8. The molecule has 1 aromatic carbocycles. The van der Waals surface area contributed by atoms with Gasteiger partial charge in [-0.3, -0.25) is 4.98 Å². The van der Waals surface area contributed by atoms with Crippen LogP contribution in [0.5, 0.6) is 5.75 Å². The summed E-state index contributed by atoms with van der Waals surface area (Å²) in [5.74, 6) is 1.55. The second-order valence-corrected chi connectivity index (χ2v) is 5.75. The molecule has 0 N–H and O–H groups in total. The molecule has 0 aliphatic heterocycles. The summed E-state index contributed by atoms with van der Waals surface area (Å²) in [7, 11) is 0. The fraction of sp³-hybridized carbons (Fsp3) is 0.125. The van der Waals surface area contributed by atoms with Gasteiger partial charge < -0.3 is 4.74 Å². The van der Waals surface area contributed by atoms with Gasteiger partial charge in [-0.05, 0) is 43.3 Å². The molecule has 0 unspecified atom stereocenters. The fourth-order valence-corrected chi connectivity index (χ4v) is 3.07. The van der Waals surface area contributed by atoms with Gasteiger partial charge in [0.1, 0.15) is 11.4 Å². The number of nitrogens with zero attached hydrogens (tertiary/aromatic N) is 5. The maximum Gasteiger partial charge on any atom is 0.235 e. The quantitative estimate of drug-likeness (QED) is 0.576. The molecular formula is C16H13N5OS. The number of fused-ring (bicyclic) bond motifs is 1. The molecule has 114 valence electrons. The lowest BCUT2D eigenvalue weighted by Crippen LogP contribution is -1.93. The Morgan fingerprint density at radius 3 is 2.70 bits per heavy atom. The van der Waals surface area contributed by atoms with Crippen LogP contribution in [-0.4, -0.2) is 31.4 Å². The number of benzene rings is 1. The van der Waals surface area contributed by atoms with Crippen LogP contribution in [0.25, 0.3) is 27.1 Å². The predicted octanol–water partition coefficient (Wildman–Crippen LogP) is 3.31. The van der Waals surface area contributed by atoms with E-state index in [1.165, 1.54) is 11.3 Å². The Morgan fingerprint density at radius 1 is 1.09 bits per heavy atom. The van der Waals surface area contributed by atoms with Gasteiger partial charge in [0, 0.05) is 11.8 Å². The lowest BCUT2D eigenvalue weighted by Gasteiger charge is -2.03. The number of pyridine rings is 1. The van der Waals surface area contributed by atoms with Crippen LogP contribution in [0.15, 0.2) is 48.7 Å². The average Bonchev–Trinajstić information content (AvgIpc) is 3.17. The van der Waals surface area contributed by atoms with Crippen molar-refractivity contribution in [2.24, 2.45) is 0 Å². The van der Waals surface area contributed by atoms with Crippen molar-refractivity contribution in [2.75, 3.05) is 6.61 Å². The minimum Gasteiger partial charge on any atom is -0.494 e. The van der Waals surface area contributed by atoms with Gasteiger partial charge in [0.15, 0.2) is 10.8 Å². The van der Waals surface area contributed by atoms with Crippen LogP contribution in [0.2, 0.25) is 0 Å². The Morgan fingerprint density at radius 2 is 1.96 bits per heavy atom. The zero-order chi connectivity index (χ0) is 15.6. The Kier molecular flexibility index (Phi) is 3.47. The van der Waals surface area contributed by atoms with Crippen LogP contribution in [-0.2, 0) is 0 Å². The molecule has 0 aliphatic carbocycles. The lowest BCUT2D eigenvalue weighted by molar-refractivity contribution is 0.340. The normalized spacial score (nSPS) is 11.0. The number of aromatic nitrogens is 5. The zero-order valence-electron chi connectivity index (χ0n) is 12.4. The van der Waals surface area contributed by atoms with Gasteiger partial charge >= 0.3 is 0 Å². The summed E-state index contributed by atoms with van der Waals surface area (Å²) >= 11 is 1.47. The van der Waals surface area contributed by atoms with Crippen molar-refractivity contribution < 1.29 is 4.74 Å². The van der Waals surface area contributed by atoms with Crippen molar-refractivity contribution in [2.45, 2.75) is 6.92 Å².